The number of nitrogens with zero attached hydrogens (tertiary/aromatic N) is 1. The average molecular weight is 217 g/mol. The average Bonchev–Trinajstić information content (AvgIpc) is 2.19. The van der Waals surface area contributed by atoms with Gasteiger partial charge < -0.3 is 19.1 Å². The van der Waals surface area contributed by atoms with Gasteiger partial charge in [0.2, 0.25) is 0 Å². The Morgan fingerprint density at radius 2 is 1.60 bits per heavy atom. The lowest BCUT2D eigenvalue weighted by molar-refractivity contribution is -0.897. The fraction of sp³-hybridized carbons (Fsp3) is 0.909. The third kappa shape index (κ3) is 7.19. The van der Waals surface area contributed by atoms with Crippen molar-refractivity contribution in [3.63, 3.8) is 0 Å². The number of rotatable bonds is 1. The Bertz CT molecular complexity index is 181. The minimum absolute atomic E-state index is 0.939. The number of hydrogen-bond donors (Lipinski definition) is 0. The topological polar surface area (TPSA) is 49.4 Å². The van der Waals surface area contributed by atoms with Crippen LogP contribution < -0.4 is 5.11 Å². The second kappa shape index (κ2) is 6.67. The summed E-state index contributed by atoms with van der Waals surface area (Å²) in [5.41, 5.74) is 0. The highest BCUT2D eigenvalue weighted by Crippen LogP contribution is 2.23. The Hall–Kier alpha value is -0.770. The third-order valence-corrected chi connectivity index (χ3v) is 2.84. The van der Waals surface area contributed by atoms with Gasteiger partial charge in [-0.2, -0.15) is 0 Å². The summed E-state index contributed by atoms with van der Waals surface area (Å²) in [7, 11) is 7.98. The molecule has 1 aliphatic carbocycles. The summed E-state index contributed by atoms with van der Waals surface area (Å²) in [6, 6.07) is 0.939. The van der Waals surface area contributed by atoms with Gasteiger partial charge in [0.1, 0.15) is 0 Å². The summed E-state index contributed by atoms with van der Waals surface area (Å²) in [6.07, 6.45) is 5.79. The fourth-order valence-electron chi connectivity index (χ4n) is 1.86. The lowest BCUT2D eigenvalue weighted by atomic mass is 9.94. The molecule has 90 valence electrons. The fourth-order valence-corrected chi connectivity index (χ4v) is 1.86. The van der Waals surface area contributed by atoms with E-state index in [0.717, 1.165) is 13.2 Å². The van der Waals surface area contributed by atoms with Gasteiger partial charge in [-0.3, -0.25) is 0 Å². The molecule has 1 rings (SSSR count). The molecule has 0 aromatic rings. The number of quaternary nitrogens is 1. The van der Waals surface area contributed by atoms with Crippen molar-refractivity contribution in [1.29, 1.82) is 0 Å². The van der Waals surface area contributed by atoms with Crippen LogP contribution in [0.1, 0.15) is 32.1 Å². The zero-order valence-electron chi connectivity index (χ0n) is 10.3. The van der Waals surface area contributed by atoms with E-state index in [2.05, 4.69) is 25.9 Å². The van der Waals surface area contributed by atoms with E-state index in [1.54, 1.807) is 0 Å². The first kappa shape index (κ1) is 14.2. The van der Waals surface area contributed by atoms with Crippen LogP contribution in [0.5, 0.6) is 0 Å². The van der Waals surface area contributed by atoms with Crippen LogP contribution in [0.3, 0.4) is 0 Å². The number of hydrogen-bond acceptors (Lipinski definition) is 3. The zero-order chi connectivity index (χ0) is 11.9. The predicted molar refractivity (Wildman–Crippen MR) is 57.3 cm³/mol. The molecule has 0 saturated heterocycles. The molecule has 15 heavy (non-hydrogen) atoms. The minimum Gasteiger partial charge on any atom is -0.553 e. The van der Waals surface area contributed by atoms with E-state index in [-0.39, 0.29) is 0 Å². The molecule has 0 N–H and O–H groups in total. The van der Waals surface area contributed by atoms with E-state index in [9.17, 15) is 0 Å². The van der Waals surface area contributed by atoms with Crippen molar-refractivity contribution in [2.75, 3.05) is 28.3 Å². The maximum Gasteiger partial charge on any atom is 0.251 e. The number of methoxy groups -OCH3 is 1. The quantitative estimate of drug-likeness (QED) is 0.486. The molecule has 1 aliphatic rings. The molecule has 0 bridgehead atoms. The molecule has 0 radical (unpaired) electrons. The molecule has 1 saturated carbocycles. The van der Waals surface area contributed by atoms with E-state index < -0.39 is 6.16 Å². The summed E-state index contributed by atoms with van der Waals surface area (Å²) in [4.78, 5) is 9.03. The summed E-state index contributed by atoms with van der Waals surface area (Å²) < 4.78 is 4.72. The van der Waals surface area contributed by atoms with Gasteiger partial charge in [-0.1, -0.05) is 6.42 Å². The van der Waals surface area contributed by atoms with Crippen molar-refractivity contribution < 1.29 is 19.1 Å². The zero-order valence-corrected chi connectivity index (χ0v) is 10.3. The molecular weight excluding hydrogens is 194 g/mol. The first-order valence-electron chi connectivity index (χ1n) is 5.44. The first-order valence-corrected chi connectivity index (χ1v) is 5.44. The molecule has 0 aromatic carbocycles. The second-order valence-electron chi connectivity index (χ2n) is 4.86. The monoisotopic (exact) mass is 217 g/mol. The summed E-state index contributed by atoms with van der Waals surface area (Å²) in [6.45, 7) is 0. The third-order valence-electron chi connectivity index (χ3n) is 2.84. The molecule has 0 heterocycles. The van der Waals surface area contributed by atoms with Crippen LogP contribution in [0, 0.1) is 0 Å². The van der Waals surface area contributed by atoms with E-state index in [1.807, 2.05) is 0 Å². The van der Waals surface area contributed by atoms with Gasteiger partial charge in [0.15, 0.2) is 0 Å². The van der Waals surface area contributed by atoms with Crippen LogP contribution in [-0.4, -0.2) is 44.9 Å². The first-order chi connectivity index (χ1) is 6.88. The van der Waals surface area contributed by atoms with Crippen molar-refractivity contribution in [3.8, 4) is 0 Å². The molecule has 4 nitrogen and oxygen atoms in total. The van der Waals surface area contributed by atoms with Gasteiger partial charge in [-0.05, 0) is 25.7 Å². The lowest BCUT2D eigenvalue weighted by Crippen LogP contribution is -2.45. The standard InChI is InChI=1S/C9H20N.C2H4O3/c1-10(2,3)9-7-5-4-6-8-9;1-5-2(3)4/h9H,4-8H2,1-3H3;1H3,(H,3,4)/q+1;/p-1. The molecule has 1 fully saturated rings. The van der Waals surface area contributed by atoms with Gasteiger partial charge >= 0.3 is 0 Å². The van der Waals surface area contributed by atoms with E-state index in [1.165, 1.54) is 36.6 Å². The smallest absolute Gasteiger partial charge is 0.251 e. The number of ether oxygens (including phenoxy) is 1. The maximum atomic E-state index is 9.03. The molecule has 0 amide bonds. The van der Waals surface area contributed by atoms with Crippen LogP contribution in [0.2, 0.25) is 0 Å². The normalized spacial score (nSPS) is 17.6. The van der Waals surface area contributed by atoms with Gasteiger partial charge in [0, 0.05) is 7.11 Å². The highest BCUT2D eigenvalue weighted by Gasteiger charge is 2.24. The van der Waals surface area contributed by atoms with E-state index >= 15 is 0 Å². The molecular formula is C11H23NO3. The Kier molecular flexibility index (Phi) is 6.32. The number of carboxylic acid groups (broad SMARTS) is 1. The SMILES string of the molecule is COC(=O)[O-].C[N+](C)(C)C1CCCCC1. The Morgan fingerprint density at radius 3 is 1.80 bits per heavy atom. The Morgan fingerprint density at radius 1 is 1.20 bits per heavy atom. The van der Waals surface area contributed by atoms with Gasteiger partial charge in [-0.15, -0.1) is 0 Å². The van der Waals surface area contributed by atoms with Gasteiger partial charge in [0.25, 0.3) is 6.16 Å². The maximum absolute atomic E-state index is 9.03. The van der Waals surface area contributed by atoms with Crippen molar-refractivity contribution in [2.24, 2.45) is 0 Å². The molecule has 0 aliphatic heterocycles. The van der Waals surface area contributed by atoms with Crippen molar-refractivity contribution in [1.82, 2.24) is 0 Å². The van der Waals surface area contributed by atoms with Crippen molar-refractivity contribution in [3.05, 3.63) is 0 Å². The second-order valence-corrected chi connectivity index (χ2v) is 4.86. The van der Waals surface area contributed by atoms with Crippen molar-refractivity contribution >= 4 is 6.16 Å². The molecule has 4 heteroatoms. The van der Waals surface area contributed by atoms with Crippen LogP contribution in [-0.2, 0) is 4.74 Å². The van der Waals surface area contributed by atoms with E-state index in [4.69, 9.17) is 9.90 Å². The van der Waals surface area contributed by atoms with Crippen molar-refractivity contribution in [2.45, 2.75) is 38.1 Å². The lowest BCUT2D eigenvalue weighted by Gasteiger charge is -2.36. The Balaban J connectivity index is 0.000000336. The molecule has 0 spiro atoms. The number of carbonyl (C=O) groups excluding carboxylic acids is 1. The minimum atomic E-state index is -1.50. The van der Waals surface area contributed by atoms with Gasteiger partial charge in [-0.25, -0.2) is 0 Å². The van der Waals surface area contributed by atoms with Gasteiger partial charge in [0.05, 0.1) is 27.2 Å². The molecule has 0 atom stereocenters. The summed E-state index contributed by atoms with van der Waals surface area (Å²) in [5, 5.41) is 9.03. The predicted octanol–water partition coefficient (Wildman–Crippen LogP) is 1.00. The highest BCUT2D eigenvalue weighted by atomic mass is 16.6. The van der Waals surface area contributed by atoms with Crippen LogP contribution in [0.15, 0.2) is 0 Å². The van der Waals surface area contributed by atoms with Crippen LogP contribution >= 0.6 is 0 Å². The van der Waals surface area contributed by atoms with Crippen LogP contribution in [0.25, 0.3) is 0 Å². The summed E-state index contributed by atoms with van der Waals surface area (Å²) >= 11 is 0. The largest absolute Gasteiger partial charge is 0.553 e. The van der Waals surface area contributed by atoms with Crippen LogP contribution in [0.4, 0.5) is 4.79 Å². The molecule has 0 aromatic heterocycles. The number of carbonyl (C=O) groups is 1. The highest BCUT2D eigenvalue weighted by molar-refractivity contribution is 5.53. The summed E-state index contributed by atoms with van der Waals surface area (Å²) in [5.74, 6) is 0. The van der Waals surface area contributed by atoms with E-state index in [0.29, 0.717) is 0 Å². The molecule has 0 unspecified atom stereocenters. The Labute approximate surface area is 92.4 Å².